The molecule has 1 aromatic rings. The number of fused-ring (bicyclic) bond motifs is 1. The Hall–Kier alpha value is -1.38. The van der Waals surface area contributed by atoms with Gasteiger partial charge in [0.05, 0.1) is 6.04 Å². The molecule has 2 nitrogen and oxygen atoms in total. The summed E-state index contributed by atoms with van der Waals surface area (Å²) in [5, 5.41) is 2.88. The van der Waals surface area contributed by atoms with E-state index in [1.165, 1.54) is 12.5 Å². The number of rotatable bonds is 1. The van der Waals surface area contributed by atoms with E-state index in [0.29, 0.717) is 17.0 Å². The van der Waals surface area contributed by atoms with E-state index in [-0.39, 0.29) is 17.8 Å². The van der Waals surface area contributed by atoms with Gasteiger partial charge in [-0.15, -0.1) is 0 Å². The highest BCUT2D eigenvalue weighted by atomic mass is 19.1. The van der Waals surface area contributed by atoms with Gasteiger partial charge in [-0.05, 0) is 30.9 Å². The molecule has 0 spiro atoms. The van der Waals surface area contributed by atoms with Crippen molar-refractivity contribution in [3.05, 3.63) is 35.1 Å². The van der Waals surface area contributed by atoms with Gasteiger partial charge in [-0.1, -0.05) is 12.5 Å². The molecular formula is C12H12FNO. The fraction of sp³-hybridized carbons (Fsp3) is 0.417. The number of hydrogen-bond acceptors (Lipinski definition) is 1. The fourth-order valence-electron chi connectivity index (χ4n) is 2.47. The lowest BCUT2D eigenvalue weighted by atomic mass is 9.77. The maximum Gasteiger partial charge on any atom is 0.252 e. The zero-order valence-electron chi connectivity index (χ0n) is 8.29. The highest BCUT2D eigenvalue weighted by Gasteiger charge is 2.38. The van der Waals surface area contributed by atoms with Gasteiger partial charge in [-0.2, -0.15) is 0 Å². The van der Waals surface area contributed by atoms with E-state index in [1.54, 1.807) is 12.1 Å². The lowest BCUT2D eigenvalue weighted by Crippen LogP contribution is -2.30. The molecule has 1 aliphatic carbocycles. The van der Waals surface area contributed by atoms with Crippen molar-refractivity contribution in [2.75, 3.05) is 0 Å². The SMILES string of the molecule is O=C1NC(C2CCC2)c2c(F)cccc21. The summed E-state index contributed by atoms with van der Waals surface area (Å²) >= 11 is 0. The maximum atomic E-state index is 13.6. The van der Waals surface area contributed by atoms with Crippen LogP contribution in [-0.2, 0) is 0 Å². The molecule has 1 aromatic carbocycles. The first-order chi connectivity index (χ1) is 7.27. The Morgan fingerprint density at radius 2 is 2.13 bits per heavy atom. The van der Waals surface area contributed by atoms with E-state index in [1.807, 2.05) is 0 Å². The van der Waals surface area contributed by atoms with Crippen LogP contribution in [0.1, 0.15) is 41.2 Å². The summed E-state index contributed by atoms with van der Waals surface area (Å²) in [5.74, 6) is 0.0660. The third-order valence-electron chi connectivity index (χ3n) is 3.52. The monoisotopic (exact) mass is 205 g/mol. The average molecular weight is 205 g/mol. The highest BCUT2D eigenvalue weighted by Crippen LogP contribution is 2.42. The predicted octanol–water partition coefficient (Wildman–Crippen LogP) is 2.41. The Morgan fingerprint density at radius 3 is 2.80 bits per heavy atom. The third kappa shape index (κ3) is 1.19. The number of carbonyl (C=O) groups excluding carboxylic acids is 1. The van der Waals surface area contributed by atoms with Gasteiger partial charge in [0.1, 0.15) is 5.82 Å². The van der Waals surface area contributed by atoms with Crippen LogP contribution in [-0.4, -0.2) is 5.91 Å². The molecular weight excluding hydrogens is 193 g/mol. The summed E-state index contributed by atoms with van der Waals surface area (Å²) in [5.41, 5.74) is 1.11. The molecule has 78 valence electrons. The van der Waals surface area contributed by atoms with Crippen LogP contribution in [0, 0.1) is 11.7 Å². The number of benzene rings is 1. The minimum atomic E-state index is -0.247. The van der Waals surface area contributed by atoms with Crippen LogP contribution >= 0.6 is 0 Å². The minimum Gasteiger partial charge on any atom is -0.345 e. The van der Waals surface area contributed by atoms with Gasteiger partial charge in [0.25, 0.3) is 5.91 Å². The van der Waals surface area contributed by atoms with E-state index < -0.39 is 0 Å². The van der Waals surface area contributed by atoms with E-state index in [4.69, 9.17) is 0 Å². The van der Waals surface area contributed by atoms with Crippen molar-refractivity contribution >= 4 is 5.91 Å². The van der Waals surface area contributed by atoms with Gasteiger partial charge in [0.2, 0.25) is 0 Å². The molecule has 1 atom stereocenters. The normalized spacial score (nSPS) is 24.6. The Bertz CT molecular complexity index is 426. The quantitative estimate of drug-likeness (QED) is 0.749. The van der Waals surface area contributed by atoms with E-state index in [9.17, 15) is 9.18 Å². The van der Waals surface area contributed by atoms with Gasteiger partial charge < -0.3 is 5.32 Å². The van der Waals surface area contributed by atoms with E-state index >= 15 is 0 Å². The fourth-order valence-corrected chi connectivity index (χ4v) is 2.47. The molecule has 3 rings (SSSR count). The Kier molecular flexibility index (Phi) is 1.81. The average Bonchev–Trinajstić information content (AvgIpc) is 2.43. The van der Waals surface area contributed by atoms with E-state index in [2.05, 4.69) is 5.32 Å². The zero-order chi connectivity index (χ0) is 10.4. The third-order valence-corrected chi connectivity index (χ3v) is 3.52. The molecule has 3 heteroatoms. The maximum absolute atomic E-state index is 13.6. The first-order valence-corrected chi connectivity index (χ1v) is 5.36. The number of carbonyl (C=O) groups is 1. The molecule has 15 heavy (non-hydrogen) atoms. The number of nitrogens with one attached hydrogen (secondary N) is 1. The number of hydrogen-bond donors (Lipinski definition) is 1. The largest absolute Gasteiger partial charge is 0.345 e. The Labute approximate surface area is 87.5 Å². The standard InChI is InChI=1S/C12H12FNO/c13-9-6-2-5-8-10(9)11(14-12(8)15)7-3-1-4-7/h2,5-7,11H,1,3-4H2,(H,14,15). The summed E-state index contributed by atoms with van der Waals surface area (Å²) in [7, 11) is 0. The van der Waals surface area contributed by atoms with Gasteiger partial charge in [-0.25, -0.2) is 4.39 Å². The second-order valence-corrected chi connectivity index (χ2v) is 4.34. The van der Waals surface area contributed by atoms with Crippen LogP contribution in [0.3, 0.4) is 0 Å². The van der Waals surface area contributed by atoms with Crippen molar-refractivity contribution in [1.82, 2.24) is 5.32 Å². The van der Waals surface area contributed by atoms with Crippen LogP contribution < -0.4 is 5.32 Å². The van der Waals surface area contributed by atoms with Crippen molar-refractivity contribution in [3.63, 3.8) is 0 Å². The molecule has 1 amide bonds. The summed E-state index contributed by atoms with van der Waals surface area (Å²) < 4.78 is 13.6. The molecule has 1 unspecified atom stereocenters. The summed E-state index contributed by atoms with van der Waals surface area (Å²) in [6, 6.07) is 4.65. The second-order valence-electron chi connectivity index (χ2n) is 4.34. The van der Waals surface area contributed by atoms with Crippen molar-refractivity contribution in [1.29, 1.82) is 0 Å². The molecule has 0 aromatic heterocycles. The minimum absolute atomic E-state index is 0.0811. The van der Waals surface area contributed by atoms with Crippen LogP contribution in [0.2, 0.25) is 0 Å². The summed E-state index contributed by atoms with van der Waals surface area (Å²) in [6.07, 6.45) is 3.39. The summed E-state index contributed by atoms with van der Waals surface area (Å²) in [6.45, 7) is 0. The highest BCUT2D eigenvalue weighted by molar-refractivity contribution is 5.99. The van der Waals surface area contributed by atoms with Gasteiger partial charge in [0, 0.05) is 11.1 Å². The molecule has 0 saturated heterocycles. The second kappa shape index (κ2) is 3.05. The van der Waals surface area contributed by atoms with E-state index in [0.717, 1.165) is 12.8 Å². The van der Waals surface area contributed by atoms with Crippen molar-refractivity contribution < 1.29 is 9.18 Å². The van der Waals surface area contributed by atoms with Crippen molar-refractivity contribution in [2.24, 2.45) is 5.92 Å². The molecule has 1 aliphatic heterocycles. The number of amides is 1. The lowest BCUT2D eigenvalue weighted by Gasteiger charge is -2.31. The van der Waals surface area contributed by atoms with Crippen LogP contribution in [0.4, 0.5) is 4.39 Å². The zero-order valence-corrected chi connectivity index (χ0v) is 8.29. The van der Waals surface area contributed by atoms with Gasteiger partial charge >= 0.3 is 0 Å². The molecule has 0 bridgehead atoms. The Morgan fingerprint density at radius 1 is 1.33 bits per heavy atom. The molecule has 0 radical (unpaired) electrons. The Balaban J connectivity index is 2.07. The molecule has 1 saturated carbocycles. The van der Waals surface area contributed by atoms with Gasteiger partial charge in [-0.3, -0.25) is 4.79 Å². The lowest BCUT2D eigenvalue weighted by molar-refractivity contribution is 0.0932. The summed E-state index contributed by atoms with van der Waals surface area (Å²) in [4.78, 5) is 11.6. The first-order valence-electron chi connectivity index (χ1n) is 5.36. The smallest absolute Gasteiger partial charge is 0.252 e. The molecule has 1 N–H and O–H groups in total. The van der Waals surface area contributed by atoms with Crippen LogP contribution in [0.15, 0.2) is 18.2 Å². The van der Waals surface area contributed by atoms with Crippen LogP contribution in [0.5, 0.6) is 0 Å². The molecule has 1 heterocycles. The van der Waals surface area contributed by atoms with Gasteiger partial charge in [0.15, 0.2) is 0 Å². The van der Waals surface area contributed by atoms with Crippen LogP contribution in [0.25, 0.3) is 0 Å². The van der Waals surface area contributed by atoms with Crippen molar-refractivity contribution in [3.8, 4) is 0 Å². The predicted molar refractivity (Wildman–Crippen MR) is 53.9 cm³/mol. The topological polar surface area (TPSA) is 29.1 Å². The molecule has 1 fully saturated rings. The van der Waals surface area contributed by atoms with Crippen molar-refractivity contribution in [2.45, 2.75) is 25.3 Å². The molecule has 2 aliphatic rings. The number of halogens is 1. The first kappa shape index (κ1) is 8.89.